The normalized spacial score (nSPS) is 13.4. The van der Waals surface area contributed by atoms with Gasteiger partial charge in [-0.05, 0) is 46.8 Å². The Morgan fingerprint density at radius 1 is 1.07 bits per heavy atom. The molecule has 0 atom stereocenters. The van der Waals surface area contributed by atoms with E-state index >= 15 is 0 Å². The van der Waals surface area contributed by atoms with Crippen LogP contribution in [0.4, 0.5) is 13.2 Å². The van der Waals surface area contributed by atoms with Crippen molar-refractivity contribution in [1.29, 1.82) is 0 Å². The summed E-state index contributed by atoms with van der Waals surface area (Å²) in [4.78, 5) is -1.19. The maximum absolute atomic E-state index is 13.3. The van der Waals surface area contributed by atoms with E-state index < -0.39 is 58.7 Å². The predicted octanol–water partition coefficient (Wildman–Crippen LogP) is 4.81. The first-order valence-electron chi connectivity index (χ1n) is 8.40. The lowest BCUT2D eigenvalue weighted by Crippen LogP contribution is -2.19. The number of ether oxygens (including phenoxy) is 1. The summed E-state index contributed by atoms with van der Waals surface area (Å²) in [5.41, 5.74) is -1.46. The van der Waals surface area contributed by atoms with Crippen LogP contribution in [-0.2, 0) is 34.1 Å². The summed E-state index contributed by atoms with van der Waals surface area (Å²) in [6.07, 6.45) is -7.26. The Morgan fingerprint density at radius 2 is 1.61 bits per heavy atom. The molecule has 0 aliphatic rings. The van der Waals surface area contributed by atoms with Crippen molar-refractivity contribution in [3.8, 4) is 5.75 Å². The van der Waals surface area contributed by atoms with Gasteiger partial charge in [0.1, 0.15) is 10.6 Å². The lowest BCUT2D eigenvalue weighted by molar-refractivity contribution is -0.140. The lowest BCUT2D eigenvalue weighted by Gasteiger charge is -2.23. The Labute approximate surface area is 162 Å². The zero-order valence-electron chi connectivity index (χ0n) is 16.1. The third kappa shape index (κ3) is 7.04. The van der Waals surface area contributed by atoms with E-state index in [4.69, 9.17) is 13.8 Å². The van der Waals surface area contributed by atoms with Gasteiger partial charge in [0.15, 0.2) is 6.35 Å². The molecule has 0 heterocycles. The van der Waals surface area contributed by atoms with Gasteiger partial charge in [-0.15, -0.1) is 0 Å². The monoisotopic (exact) mass is 448 g/mol. The van der Waals surface area contributed by atoms with Crippen LogP contribution in [0.1, 0.15) is 40.2 Å². The van der Waals surface area contributed by atoms with Gasteiger partial charge in [-0.1, -0.05) is 6.07 Å². The van der Waals surface area contributed by atoms with Crippen LogP contribution < -0.4 is 4.74 Å². The Balaban J connectivity index is 3.34. The minimum atomic E-state index is -5.01. The summed E-state index contributed by atoms with van der Waals surface area (Å²) >= 11 is 0. The van der Waals surface area contributed by atoms with Gasteiger partial charge in [0.2, 0.25) is 0 Å². The van der Waals surface area contributed by atoms with E-state index in [1.807, 2.05) is 0 Å². The molecular weight excluding hydrogens is 424 g/mol. The molecule has 0 aliphatic carbocycles. The van der Waals surface area contributed by atoms with Crippen molar-refractivity contribution in [3.05, 3.63) is 23.8 Å². The number of benzene rings is 1. The van der Waals surface area contributed by atoms with Crippen LogP contribution in [0.2, 0.25) is 0 Å². The first-order chi connectivity index (χ1) is 12.7. The first kappa shape index (κ1) is 24.9. The summed E-state index contributed by atoms with van der Waals surface area (Å²) in [7, 11) is -9.07. The van der Waals surface area contributed by atoms with E-state index in [0.717, 1.165) is 12.1 Å². The SMILES string of the molecule is CCOc1cccc(C(F)(F)F)c1S(=O)(=O)OCP(=O)(OC(C)C)OC(C)C. The zero-order chi connectivity index (χ0) is 21.8. The van der Waals surface area contributed by atoms with Crippen molar-refractivity contribution in [2.24, 2.45) is 0 Å². The van der Waals surface area contributed by atoms with Gasteiger partial charge in [0.25, 0.3) is 0 Å². The first-order valence-corrected chi connectivity index (χ1v) is 11.5. The van der Waals surface area contributed by atoms with Crippen LogP contribution in [0.3, 0.4) is 0 Å². The van der Waals surface area contributed by atoms with Crippen LogP contribution >= 0.6 is 7.60 Å². The van der Waals surface area contributed by atoms with E-state index in [1.54, 1.807) is 0 Å². The molecule has 1 rings (SSSR count). The highest BCUT2D eigenvalue weighted by atomic mass is 32.2. The van der Waals surface area contributed by atoms with Crippen LogP contribution in [-0.4, -0.2) is 33.6 Å². The topological polar surface area (TPSA) is 88.1 Å². The molecule has 7 nitrogen and oxygen atoms in total. The van der Waals surface area contributed by atoms with E-state index in [1.165, 1.54) is 34.6 Å². The average Bonchev–Trinajstić information content (AvgIpc) is 2.51. The van der Waals surface area contributed by atoms with Crippen LogP contribution in [0.5, 0.6) is 5.75 Å². The number of hydrogen-bond acceptors (Lipinski definition) is 7. The van der Waals surface area contributed by atoms with E-state index in [0.29, 0.717) is 6.07 Å². The highest BCUT2D eigenvalue weighted by Crippen LogP contribution is 2.51. The third-order valence-electron chi connectivity index (χ3n) is 2.94. The molecule has 0 unspecified atom stereocenters. The van der Waals surface area contributed by atoms with Gasteiger partial charge in [0, 0.05) is 0 Å². The third-order valence-corrected chi connectivity index (χ3v) is 6.40. The molecule has 0 fully saturated rings. The van der Waals surface area contributed by atoms with Crippen molar-refractivity contribution in [2.75, 3.05) is 13.0 Å². The fraction of sp³-hybridized carbons (Fsp3) is 0.625. The Bertz CT molecular complexity index is 793. The van der Waals surface area contributed by atoms with E-state index in [-0.39, 0.29) is 6.61 Å². The van der Waals surface area contributed by atoms with Gasteiger partial charge >= 0.3 is 23.9 Å². The fourth-order valence-electron chi connectivity index (χ4n) is 2.19. The summed E-state index contributed by atoms with van der Waals surface area (Å²) in [6, 6.07) is 2.68. The molecule has 162 valence electrons. The highest BCUT2D eigenvalue weighted by molar-refractivity contribution is 7.87. The molecule has 0 spiro atoms. The number of halogens is 3. The molecule has 0 saturated carbocycles. The largest absolute Gasteiger partial charge is 0.492 e. The standard InChI is InChI=1S/C16H24F3O7PS/c1-6-23-14-9-7-8-13(16(17,18)19)15(14)28(21,22)24-10-27(20,25-11(2)3)26-12(4)5/h7-9,11-12H,6,10H2,1-5H3. The molecule has 0 saturated heterocycles. The van der Waals surface area contributed by atoms with E-state index in [9.17, 15) is 26.2 Å². The Hall–Kier alpha value is -1.13. The van der Waals surface area contributed by atoms with E-state index in [2.05, 4.69) is 4.18 Å². The van der Waals surface area contributed by atoms with Crippen LogP contribution in [0.25, 0.3) is 0 Å². The van der Waals surface area contributed by atoms with Crippen molar-refractivity contribution in [3.63, 3.8) is 0 Å². The summed E-state index contributed by atoms with van der Waals surface area (Å²) < 4.78 is 97.9. The van der Waals surface area contributed by atoms with Crippen molar-refractivity contribution in [1.82, 2.24) is 0 Å². The summed E-state index contributed by atoms with van der Waals surface area (Å²) in [6.45, 7) is 7.57. The van der Waals surface area contributed by atoms with Crippen molar-refractivity contribution < 1.29 is 44.1 Å². The summed E-state index contributed by atoms with van der Waals surface area (Å²) in [5, 5.41) is 0. The zero-order valence-corrected chi connectivity index (χ0v) is 17.9. The second-order valence-electron chi connectivity index (χ2n) is 6.18. The maximum atomic E-state index is 13.3. The average molecular weight is 448 g/mol. The number of rotatable bonds is 10. The van der Waals surface area contributed by atoms with Gasteiger partial charge in [-0.3, -0.25) is 8.75 Å². The predicted molar refractivity (Wildman–Crippen MR) is 95.8 cm³/mol. The maximum Gasteiger partial charge on any atom is 0.417 e. The minimum Gasteiger partial charge on any atom is -0.492 e. The molecule has 1 aromatic rings. The molecule has 0 aliphatic heterocycles. The second kappa shape index (κ2) is 9.58. The fourth-order valence-corrected chi connectivity index (χ4v) is 5.66. The molecule has 0 aromatic heterocycles. The number of alkyl halides is 3. The lowest BCUT2D eigenvalue weighted by atomic mass is 10.2. The Kier molecular flexibility index (Phi) is 8.52. The van der Waals surface area contributed by atoms with Gasteiger partial charge in [-0.2, -0.15) is 21.6 Å². The molecule has 1 aromatic carbocycles. The quantitative estimate of drug-likeness (QED) is 0.375. The number of hydrogen-bond donors (Lipinski definition) is 0. The van der Waals surface area contributed by atoms with Gasteiger partial charge in [-0.25, -0.2) is 0 Å². The molecule has 12 heteroatoms. The molecule has 0 amide bonds. The molecule has 0 N–H and O–H groups in total. The van der Waals surface area contributed by atoms with Crippen LogP contribution in [0.15, 0.2) is 23.1 Å². The molecule has 0 radical (unpaired) electrons. The minimum absolute atomic E-state index is 0.0742. The highest BCUT2D eigenvalue weighted by Gasteiger charge is 2.41. The van der Waals surface area contributed by atoms with Crippen molar-refractivity contribution in [2.45, 2.75) is 57.9 Å². The smallest absolute Gasteiger partial charge is 0.417 e. The molecular formula is C16H24F3O7PS. The van der Waals surface area contributed by atoms with Gasteiger partial charge in [0.05, 0.1) is 24.4 Å². The molecule has 0 bridgehead atoms. The second-order valence-corrected chi connectivity index (χ2v) is 9.64. The van der Waals surface area contributed by atoms with Gasteiger partial charge < -0.3 is 13.8 Å². The summed E-state index contributed by atoms with van der Waals surface area (Å²) in [5.74, 6) is -0.526. The molecule has 28 heavy (non-hydrogen) atoms. The van der Waals surface area contributed by atoms with Crippen molar-refractivity contribution >= 4 is 17.7 Å². The Morgan fingerprint density at radius 3 is 2.04 bits per heavy atom. The van der Waals surface area contributed by atoms with Crippen LogP contribution in [0, 0.1) is 0 Å².